The van der Waals surface area contributed by atoms with Gasteiger partial charge in [-0.3, -0.25) is 4.57 Å². The average Bonchev–Trinajstić information content (AvgIpc) is 3.85. The van der Waals surface area contributed by atoms with Crippen molar-refractivity contribution in [1.82, 2.24) is 9.55 Å². The van der Waals surface area contributed by atoms with Crippen molar-refractivity contribution in [2.75, 3.05) is 16.5 Å². The van der Waals surface area contributed by atoms with E-state index in [4.69, 9.17) is 9.72 Å². The van der Waals surface area contributed by atoms with E-state index in [1.807, 2.05) is 6.20 Å². The molecule has 9 aromatic rings. The van der Waals surface area contributed by atoms with Gasteiger partial charge in [0.1, 0.15) is 24.0 Å². The molecule has 7 aromatic carbocycles. The Morgan fingerprint density at radius 2 is 1.12 bits per heavy atom. The smallest absolute Gasteiger partial charge is 0.137 e. The second-order valence-corrected chi connectivity index (χ2v) is 19.9. The van der Waals surface area contributed by atoms with Crippen LogP contribution in [0, 0.1) is 0 Å². The molecule has 0 amide bonds. The van der Waals surface area contributed by atoms with Crippen molar-refractivity contribution >= 4 is 44.6 Å². The maximum atomic E-state index is 6.83. The van der Waals surface area contributed by atoms with Gasteiger partial charge in [0.05, 0.1) is 22.4 Å². The maximum Gasteiger partial charge on any atom is 0.137 e. The summed E-state index contributed by atoms with van der Waals surface area (Å²) in [7, 11) is 0. The monoisotopic (exact) mass is 836 g/mol. The Morgan fingerprint density at radius 1 is 0.438 bits per heavy atom. The van der Waals surface area contributed by atoms with E-state index >= 15 is 0 Å². The number of para-hydroxylation sites is 1. The van der Waals surface area contributed by atoms with Crippen LogP contribution < -0.4 is 14.5 Å². The highest BCUT2D eigenvalue weighted by molar-refractivity contribution is 6.09. The zero-order valence-electron chi connectivity index (χ0n) is 38.2. The summed E-state index contributed by atoms with van der Waals surface area (Å²) < 4.78 is 9.11. The van der Waals surface area contributed by atoms with Gasteiger partial charge in [-0.25, -0.2) is 4.98 Å². The second kappa shape index (κ2) is 15.6. The van der Waals surface area contributed by atoms with Crippen molar-refractivity contribution in [3.05, 3.63) is 204 Å². The number of pyridine rings is 1. The second-order valence-electron chi connectivity index (χ2n) is 19.9. The molecule has 0 radical (unpaired) electrons. The van der Waals surface area contributed by atoms with Crippen molar-refractivity contribution in [3.63, 3.8) is 0 Å². The number of hydrogen-bond acceptors (Lipinski definition) is 4. The van der Waals surface area contributed by atoms with Gasteiger partial charge in [-0.2, -0.15) is 0 Å². The quantitative estimate of drug-likeness (QED) is 0.153. The highest BCUT2D eigenvalue weighted by Gasteiger charge is 2.32. The van der Waals surface area contributed by atoms with Crippen LogP contribution in [0.15, 0.2) is 182 Å². The zero-order chi connectivity index (χ0) is 44.4. The van der Waals surface area contributed by atoms with E-state index in [-0.39, 0.29) is 16.2 Å². The Morgan fingerprint density at radius 3 is 1.89 bits per heavy atom. The molecule has 0 saturated heterocycles. The Bertz CT molecular complexity index is 3170. The summed E-state index contributed by atoms with van der Waals surface area (Å²) >= 11 is 0. The molecule has 0 spiro atoms. The summed E-state index contributed by atoms with van der Waals surface area (Å²) in [5.41, 5.74) is 14.0. The fourth-order valence-electron chi connectivity index (χ4n) is 9.23. The number of nitrogens with zero attached hydrogens (tertiary/aromatic N) is 4. The van der Waals surface area contributed by atoms with Crippen LogP contribution in [-0.2, 0) is 16.2 Å². The van der Waals surface area contributed by atoms with E-state index in [2.05, 4.69) is 246 Å². The van der Waals surface area contributed by atoms with E-state index in [1.54, 1.807) is 0 Å². The number of ether oxygens (including phenoxy) is 1. The van der Waals surface area contributed by atoms with Gasteiger partial charge in [0.15, 0.2) is 0 Å². The first-order chi connectivity index (χ1) is 30.7. The normalized spacial score (nSPS) is 13.2. The van der Waals surface area contributed by atoms with Crippen molar-refractivity contribution in [2.24, 2.45) is 0 Å². The molecule has 0 atom stereocenters. The molecule has 1 aliphatic heterocycles. The topological polar surface area (TPSA) is 33.5 Å². The third-order valence-corrected chi connectivity index (χ3v) is 13.1. The van der Waals surface area contributed by atoms with Crippen LogP contribution in [0.25, 0.3) is 38.8 Å². The van der Waals surface area contributed by atoms with E-state index in [1.165, 1.54) is 55.8 Å². The zero-order valence-corrected chi connectivity index (χ0v) is 38.2. The summed E-state index contributed by atoms with van der Waals surface area (Å²) in [5, 5.41) is 2.33. The lowest BCUT2D eigenvalue weighted by molar-refractivity contribution is 0.483. The molecule has 5 heteroatoms. The van der Waals surface area contributed by atoms with Gasteiger partial charge in [-0.05, 0) is 111 Å². The van der Waals surface area contributed by atoms with Gasteiger partial charge in [0, 0.05) is 45.9 Å². The molecule has 2 aromatic heterocycles. The third kappa shape index (κ3) is 7.49. The minimum Gasteiger partial charge on any atom is -0.457 e. The molecule has 1 aliphatic rings. The number of rotatable bonds is 8. The lowest BCUT2D eigenvalue weighted by Crippen LogP contribution is -2.24. The molecule has 0 aliphatic carbocycles. The van der Waals surface area contributed by atoms with Crippen LogP contribution in [0.3, 0.4) is 0 Å². The Hall–Kier alpha value is -7.11. The molecular weight excluding hydrogens is 781 g/mol. The first-order valence-electron chi connectivity index (χ1n) is 22.5. The van der Waals surface area contributed by atoms with Gasteiger partial charge < -0.3 is 14.5 Å². The van der Waals surface area contributed by atoms with Crippen LogP contribution in [0.1, 0.15) is 77.6 Å². The van der Waals surface area contributed by atoms with Crippen molar-refractivity contribution < 1.29 is 4.74 Å². The SMILES string of the molecule is CC(C)(C)c1cc(-c2ccccc2)cc(N2CN(c3cccc(Oc4ccc5c6ccccc6n(-c6cc(C(C)(C)c7ccccc7)ccn6)c5c4)c3)c3cc(C(C)(C)C)ccc32)c1. The van der Waals surface area contributed by atoms with E-state index < -0.39 is 0 Å². The fraction of sp³-hybridized carbons (Fsp3) is 0.203. The predicted octanol–water partition coefficient (Wildman–Crippen LogP) is 15.8. The van der Waals surface area contributed by atoms with Crippen LogP contribution in [-0.4, -0.2) is 16.2 Å². The van der Waals surface area contributed by atoms with Gasteiger partial charge in [-0.15, -0.1) is 0 Å². The van der Waals surface area contributed by atoms with E-state index in [0.717, 1.165) is 39.4 Å². The Labute approximate surface area is 378 Å². The standard InChI is InChI=1S/C59H56N4O/c1-57(2,3)43-26-29-53-55(35-43)61(39-62(53)47-33-41(40-18-11-9-12-19-40)32-45(34-47)58(4,5)6)46-22-17-23-48(37-46)64-49-27-28-51-50-24-15-16-25-52(50)63(54(51)38-49)56-36-44(30-31-60-56)59(7,8)42-20-13-10-14-21-42/h9-38H,39H2,1-8H3. The van der Waals surface area contributed by atoms with Gasteiger partial charge in [0.25, 0.3) is 0 Å². The minimum absolute atomic E-state index is 0.0121. The van der Waals surface area contributed by atoms with Crippen molar-refractivity contribution in [1.29, 1.82) is 0 Å². The van der Waals surface area contributed by atoms with Crippen LogP contribution in [0.2, 0.25) is 0 Å². The van der Waals surface area contributed by atoms with Crippen molar-refractivity contribution in [2.45, 2.75) is 71.6 Å². The molecule has 318 valence electrons. The molecule has 0 N–H and O–H groups in total. The highest BCUT2D eigenvalue weighted by Crippen LogP contribution is 2.48. The Kier molecular flexibility index (Phi) is 9.98. The number of anilines is 4. The molecule has 0 bridgehead atoms. The van der Waals surface area contributed by atoms with Crippen LogP contribution >= 0.6 is 0 Å². The lowest BCUT2D eigenvalue weighted by atomic mass is 9.78. The minimum atomic E-state index is -0.209. The molecule has 0 unspecified atom stereocenters. The molecule has 0 saturated carbocycles. The summed E-state index contributed by atoms with van der Waals surface area (Å²) in [5.74, 6) is 2.42. The largest absolute Gasteiger partial charge is 0.457 e. The number of fused-ring (bicyclic) bond motifs is 4. The van der Waals surface area contributed by atoms with Crippen molar-refractivity contribution in [3.8, 4) is 28.4 Å². The summed E-state index contributed by atoms with van der Waals surface area (Å²) in [6.07, 6.45) is 1.94. The summed E-state index contributed by atoms with van der Waals surface area (Å²) in [6.45, 7) is 19.0. The maximum absolute atomic E-state index is 6.83. The predicted molar refractivity (Wildman–Crippen MR) is 269 cm³/mol. The number of hydrogen-bond donors (Lipinski definition) is 0. The molecule has 64 heavy (non-hydrogen) atoms. The molecular formula is C59H56N4O. The van der Waals surface area contributed by atoms with Gasteiger partial charge >= 0.3 is 0 Å². The number of benzene rings is 7. The van der Waals surface area contributed by atoms with Gasteiger partial charge in [-0.1, -0.05) is 152 Å². The Balaban J connectivity index is 1.03. The molecule has 3 heterocycles. The van der Waals surface area contributed by atoms with E-state index in [9.17, 15) is 0 Å². The molecule has 10 rings (SSSR count). The summed E-state index contributed by atoms with van der Waals surface area (Å²) in [4.78, 5) is 9.87. The molecule has 0 fully saturated rings. The molecule has 5 nitrogen and oxygen atoms in total. The third-order valence-electron chi connectivity index (χ3n) is 13.1. The highest BCUT2D eigenvalue weighted by atomic mass is 16.5. The first kappa shape index (κ1) is 40.9. The summed E-state index contributed by atoms with van der Waals surface area (Å²) in [6, 6.07) is 63.4. The fourth-order valence-corrected chi connectivity index (χ4v) is 9.23. The first-order valence-corrected chi connectivity index (χ1v) is 22.5. The van der Waals surface area contributed by atoms with Gasteiger partial charge in [0.2, 0.25) is 0 Å². The lowest BCUT2D eigenvalue weighted by Gasteiger charge is -2.26. The van der Waals surface area contributed by atoms with Crippen LogP contribution in [0.5, 0.6) is 11.5 Å². The average molecular weight is 837 g/mol. The number of aromatic nitrogens is 2. The van der Waals surface area contributed by atoms with E-state index in [0.29, 0.717) is 6.67 Å². The van der Waals surface area contributed by atoms with Crippen LogP contribution in [0.4, 0.5) is 22.7 Å².